The van der Waals surface area contributed by atoms with E-state index < -0.39 is 6.10 Å². The monoisotopic (exact) mass is 334 g/mol. The number of hydrogen-bond donors (Lipinski definition) is 2. The number of ether oxygens (including phenoxy) is 2. The molecule has 118 valence electrons. The number of nitrogens with one attached hydrogen (secondary N) is 1. The molecule has 1 saturated heterocycles. The summed E-state index contributed by atoms with van der Waals surface area (Å²) < 4.78 is 10.8. The Morgan fingerprint density at radius 2 is 2.29 bits per heavy atom. The van der Waals surface area contributed by atoms with Crippen LogP contribution in [0.4, 0.5) is 0 Å². The van der Waals surface area contributed by atoms with E-state index in [4.69, 9.17) is 26.8 Å². The van der Waals surface area contributed by atoms with Crippen LogP contribution in [0.25, 0.3) is 0 Å². The van der Waals surface area contributed by atoms with Gasteiger partial charge in [-0.25, -0.2) is 0 Å². The van der Waals surface area contributed by atoms with Crippen molar-refractivity contribution in [3.8, 4) is 5.75 Å². The van der Waals surface area contributed by atoms with Crippen molar-refractivity contribution >= 4 is 29.9 Å². The minimum atomic E-state index is -0.401. The van der Waals surface area contributed by atoms with Crippen molar-refractivity contribution in [1.29, 1.82) is 0 Å². The summed E-state index contributed by atoms with van der Waals surface area (Å²) in [5.74, 6) is 0.544. The fourth-order valence-electron chi connectivity index (χ4n) is 2.23. The van der Waals surface area contributed by atoms with Crippen molar-refractivity contribution in [3.05, 3.63) is 28.8 Å². The number of carbonyl (C=O) groups excluding carboxylic acids is 1. The fourth-order valence-corrected chi connectivity index (χ4v) is 2.39. The average Bonchev–Trinajstić information content (AvgIpc) is 2.94. The van der Waals surface area contributed by atoms with Gasteiger partial charge in [0, 0.05) is 23.7 Å². The van der Waals surface area contributed by atoms with Crippen LogP contribution in [0.5, 0.6) is 5.75 Å². The molecule has 0 radical (unpaired) electrons. The van der Waals surface area contributed by atoms with Gasteiger partial charge in [-0.1, -0.05) is 17.7 Å². The van der Waals surface area contributed by atoms with Crippen molar-refractivity contribution < 1.29 is 14.3 Å². The molecule has 0 saturated carbocycles. The van der Waals surface area contributed by atoms with E-state index in [0.717, 1.165) is 12.0 Å². The molecule has 5 nitrogen and oxygen atoms in total. The predicted octanol–water partition coefficient (Wildman–Crippen LogP) is 1.89. The van der Waals surface area contributed by atoms with Crippen LogP contribution >= 0.6 is 24.0 Å². The highest BCUT2D eigenvalue weighted by molar-refractivity contribution is 6.30. The highest BCUT2D eigenvalue weighted by atomic mass is 35.5. The lowest BCUT2D eigenvalue weighted by Crippen LogP contribution is -2.35. The Balaban J connectivity index is 0.00000220. The summed E-state index contributed by atoms with van der Waals surface area (Å²) in [5, 5.41) is 3.45. The Bertz CT molecular complexity index is 485. The van der Waals surface area contributed by atoms with E-state index in [-0.39, 0.29) is 24.4 Å². The molecule has 1 aliphatic rings. The Hall–Kier alpha value is -1.01. The number of benzene rings is 1. The highest BCUT2D eigenvalue weighted by Crippen LogP contribution is 2.23. The van der Waals surface area contributed by atoms with Crippen LogP contribution in [0.3, 0.4) is 0 Å². The number of nitrogens with two attached hydrogens (primary N) is 1. The fraction of sp³-hybridized carbons (Fsp3) is 0.500. The van der Waals surface area contributed by atoms with Crippen LogP contribution in [0.2, 0.25) is 5.02 Å². The first-order valence-electron chi connectivity index (χ1n) is 6.59. The van der Waals surface area contributed by atoms with Gasteiger partial charge in [-0.15, -0.1) is 12.4 Å². The van der Waals surface area contributed by atoms with Crippen LogP contribution in [-0.4, -0.2) is 31.8 Å². The van der Waals surface area contributed by atoms with Crippen LogP contribution < -0.4 is 15.8 Å². The standard InChI is InChI=1S/C14H19ClN2O3.ClH/c1-19-13-6-10(15)3-2-9(13)8-17-14(18)12-5-4-11(7-16)20-12;/h2-3,6,11-12H,4-5,7-8,16H2,1H3,(H,17,18);1H/t11-,12+;/m1./s1. The third-order valence-electron chi connectivity index (χ3n) is 3.37. The van der Waals surface area contributed by atoms with Gasteiger partial charge in [-0.3, -0.25) is 4.79 Å². The molecule has 3 N–H and O–H groups in total. The lowest BCUT2D eigenvalue weighted by Gasteiger charge is -2.14. The summed E-state index contributed by atoms with van der Waals surface area (Å²) in [6, 6.07) is 5.32. The summed E-state index contributed by atoms with van der Waals surface area (Å²) >= 11 is 5.89. The third kappa shape index (κ3) is 4.74. The Morgan fingerprint density at radius 1 is 1.52 bits per heavy atom. The van der Waals surface area contributed by atoms with Gasteiger partial charge in [-0.05, 0) is 25.0 Å². The first-order valence-corrected chi connectivity index (χ1v) is 6.97. The van der Waals surface area contributed by atoms with E-state index in [1.54, 1.807) is 19.2 Å². The van der Waals surface area contributed by atoms with Crippen LogP contribution in [0.15, 0.2) is 18.2 Å². The molecule has 1 aromatic carbocycles. The molecule has 0 unspecified atom stereocenters. The van der Waals surface area contributed by atoms with Crippen LogP contribution in [-0.2, 0) is 16.1 Å². The number of methoxy groups -OCH3 is 1. The summed E-state index contributed by atoms with van der Waals surface area (Å²) in [6.07, 6.45) is 1.14. The van der Waals surface area contributed by atoms with Crippen molar-refractivity contribution in [3.63, 3.8) is 0 Å². The Kier molecular flexibility index (Phi) is 7.25. The number of rotatable bonds is 5. The molecule has 1 fully saturated rings. The topological polar surface area (TPSA) is 73.6 Å². The first-order chi connectivity index (χ1) is 9.63. The number of amides is 1. The second kappa shape index (κ2) is 8.44. The SMILES string of the molecule is COc1cc(Cl)ccc1CNC(=O)[C@@H]1CC[C@H](CN)O1.Cl. The van der Waals surface area contributed by atoms with Gasteiger partial charge < -0.3 is 20.5 Å². The molecule has 2 rings (SSSR count). The van der Waals surface area contributed by atoms with E-state index in [0.29, 0.717) is 30.3 Å². The molecule has 2 atom stereocenters. The van der Waals surface area contributed by atoms with Crippen molar-refractivity contribution in [1.82, 2.24) is 5.32 Å². The van der Waals surface area contributed by atoms with Crippen LogP contribution in [0, 0.1) is 0 Å². The molecule has 0 bridgehead atoms. The van der Waals surface area contributed by atoms with E-state index in [1.165, 1.54) is 0 Å². The lowest BCUT2D eigenvalue weighted by atomic mass is 10.1. The number of carbonyl (C=O) groups is 1. The van der Waals surface area contributed by atoms with E-state index in [9.17, 15) is 4.79 Å². The third-order valence-corrected chi connectivity index (χ3v) is 3.60. The van der Waals surface area contributed by atoms with Crippen molar-refractivity contribution in [2.45, 2.75) is 31.6 Å². The molecular weight excluding hydrogens is 315 g/mol. The molecule has 0 spiro atoms. The second-order valence-corrected chi connectivity index (χ2v) is 5.17. The predicted molar refractivity (Wildman–Crippen MR) is 84.0 cm³/mol. The smallest absolute Gasteiger partial charge is 0.249 e. The largest absolute Gasteiger partial charge is 0.496 e. The van der Waals surface area contributed by atoms with Crippen molar-refractivity contribution in [2.24, 2.45) is 5.73 Å². The minimum absolute atomic E-state index is 0. The molecule has 0 aromatic heterocycles. The zero-order valence-electron chi connectivity index (χ0n) is 11.8. The van der Waals surface area contributed by atoms with Gasteiger partial charge in [0.15, 0.2) is 0 Å². The summed E-state index contributed by atoms with van der Waals surface area (Å²) in [4.78, 5) is 12.0. The van der Waals surface area contributed by atoms with Gasteiger partial charge in [0.25, 0.3) is 0 Å². The van der Waals surface area contributed by atoms with E-state index in [1.807, 2.05) is 6.07 Å². The molecule has 7 heteroatoms. The van der Waals surface area contributed by atoms with Gasteiger partial charge in [0.2, 0.25) is 5.91 Å². The summed E-state index contributed by atoms with van der Waals surface area (Å²) in [7, 11) is 1.57. The van der Waals surface area contributed by atoms with Gasteiger partial charge in [0.1, 0.15) is 11.9 Å². The maximum atomic E-state index is 12.0. The number of hydrogen-bond acceptors (Lipinski definition) is 4. The molecule has 21 heavy (non-hydrogen) atoms. The molecule has 1 heterocycles. The average molecular weight is 335 g/mol. The Morgan fingerprint density at radius 3 is 2.90 bits per heavy atom. The second-order valence-electron chi connectivity index (χ2n) is 4.73. The maximum absolute atomic E-state index is 12.0. The molecule has 1 aromatic rings. The lowest BCUT2D eigenvalue weighted by molar-refractivity contribution is -0.132. The quantitative estimate of drug-likeness (QED) is 0.862. The summed E-state index contributed by atoms with van der Waals surface area (Å²) in [5.41, 5.74) is 6.40. The number of halogens is 2. The van der Waals surface area contributed by atoms with Crippen molar-refractivity contribution in [2.75, 3.05) is 13.7 Å². The van der Waals surface area contributed by atoms with Crippen LogP contribution in [0.1, 0.15) is 18.4 Å². The summed E-state index contributed by atoms with van der Waals surface area (Å²) in [6.45, 7) is 0.834. The highest BCUT2D eigenvalue weighted by Gasteiger charge is 2.29. The van der Waals surface area contributed by atoms with Gasteiger partial charge >= 0.3 is 0 Å². The van der Waals surface area contributed by atoms with Gasteiger partial charge in [-0.2, -0.15) is 0 Å². The minimum Gasteiger partial charge on any atom is -0.496 e. The molecule has 0 aliphatic carbocycles. The van der Waals surface area contributed by atoms with E-state index in [2.05, 4.69) is 5.32 Å². The zero-order valence-corrected chi connectivity index (χ0v) is 13.4. The van der Waals surface area contributed by atoms with E-state index >= 15 is 0 Å². The molecule has 1 amide bonds. The Labute approximate surface area is 135 Å². The van der Waals surface area contributed by atoms with Gasteiger partial charge in [0.05, 0.1) is 13.2 Å². The molecule has 1 aliphatic heterocycles. The maximum Gasteiger partial charge on any atom is 0.249 e. The first kappa shape index (κ1) is 18.0. The normalized spacial score (nSPS) is 20.7. The zero-order chi connectivity index (χ0) is 14.5. The molecular formula is C14H20Cl2N2O3.